The Bertz CT molecular complexity index is 862. The highest BCUT2D eigenvalue weighted by atomic mass is 16.7. The maximum absolute atomic E-state index is 13.0. The van der Waals surface area contributed by atoms with Gasteiger partial charge >= 0.3 is 0 Å². The predicted octanol–water partition coefficient (Wildman–Crippen LogP) is 2.93. The zero-order valence-corrected chi connectivity index (χ0v) is 17.5. The van der Waals surface area contributed by atoms with Crippen LogP contribution in [0.1, 0.15) is 18.9 Å². The number of methoxy groups -OCH3 is 1. The van der Waals surface area contributed by atoms with Gasteiger partial charge in [0.1, 0.15) is 11.5 Å². The van der Waals surface area contributed by atoms with E-state index in [2.05, 4.69) is 11.0 Å². The third-order valence-corrected chi connectivity index (χ3v) is 5.51. The molecule has 0 N–H and O–H groups in total. The molecule has 160 valence electrons. The number of piperazine rings is 1. The molecule has 0 bridgehead atoms. The molecule has 0 spiro atoms. The van der Waals surface area contributed by atoms with Crippen LogP contribution in [0.3, 0.4) is 0 Å². The van der Waals surface area contributed by atoms with Gasteiger partial charge in [0, 0.05) is 32.7 Å². The number of benzene rings is 2. The number of carbonyl (C=O) groups is 1. The molecule has 0 aromatic heterocycles. The summed E-state index contributed by atoms with van der Waals surface area (Å²) in [6, 6.07) is 13.4. The van der Waals surface area contributed by atoms with Crippen molar-refractivity contribution in [1.29, 1.82) is 0 Å². The Balaban J connectivity index is 1.29. The zero-order valence-electron chi connectivity index (χ0n) is 17.5. The van der Waals surface area contributed by atoms with Gasteiger partial charge in [-0.2, -0.15) is 0 Å². The standard InChI is InChI=1S/C23H28N2O5/c1-3-20(30-19-7-5-18(27-2)6-8-19)23(26)25-12-10-24(11-13-25)15-17-4-9-21-22(14-17)29-16-28-21/h4-9,14,20H,3,10-13,15-16H2,1-2H3/t20-/m1/s1. The average molecular weight is 412 g/mol. The molecular formula is C23H28N2O5. The Hall–Kier alpha value is -2.93. The van der Waals surface area contributed by atoms with Gasteiger partial charge in [-0.3, -0.25) is 9.69 Å². The van der Waals surface area contributed by atoms with Crippen LogP contribution in [0.2, 0.25) is 0 Å². The minimum Gasteiger partial charge on any atom is -0.497 e. The highest BCUT2D eigenvalue weighted by molar-refractivity contribution is 5.81. The molecule has 2 aliphatic rings. The molecular weight excluding hydrogens is 384 g/mol. The van der Waals surface area contributed by atoms with Crippen LogP contribution in [0, 0.1) is 0 Å². The van der Waals surface area contributed by atoms with Gasteiger partial charge in [0.05, 0.1) is 7.11 Å². The number of rotatable bonds is 7. The number of carbonyl (C=O) groups excluding carboxylic acids is 1. The van der Waals surface area contributed by atoms with Crippen molar-refractivity contribution in [1.82, 2.24) is 9.80 Å². The summed E-state index contributed by atoms with van der Waals surface area (Å²) in [5, 5.41) is 0. The van der Waals surface area contributed by atoms with Crippen LogP contribution in [0.15, 0.2) is 42.5 Å². The Morgan fingerprint density at radius 3 is 2.40 bits per heavy atom. The van der Waals surface area contributed by atoms with E-state index in [1.165, 1.54) is 5.56 Å². The van der Waals surface area contributed by atoms with Gasteiger partial charge in [-0.15, -0.1) is 0 Å². The number of fused-ring (bicyclic) bond motifs is 1. The lowest BCUT2D eigenvalue weighted by Gasteiger charge is -2.36. The monoisotopic (exact) mass is 412 g/mol. The topological polar surface area (TPSA) is 60.5 Å². The number of hydrogen-bond donors (Lipinski definition) is 0. The second kappa shape index (κ2) is 9.26. The Labute approximate surface area is 177 Å². The van der Waals surface area contributed by atoms with Crippen LogP contribution in [0.5, 0.6) is 23.0 Å². The number of hydrogen-bond acceptors (Lipinski definition) is 6. The molecule has 2 aliphatic heterocycles. The SMILES string of the molecule is CC[C@@H](Oc1ccc(OC)cc1)C(=O)N1CCN(Cc2ccc3c(c2)OCO3)CC1. The van der Waals surface area contributed by atoms with Crippen LogP contribution in [-0.4, -0.2) is 61.9 Å². The Morgan fingerprint density at radius 2 is 1.70 bits per heavy atom. The first-order chi connectivity index (χ1) is 14.7. The van der Waals surface area contributed by atoms with Gasteiger partial charge in [-0.05, 0) is 48.4 Å². The van der Waals surface area contributed by atoms with Gasteiger partial charge in [0.2, 0.25) is 6.79 Å². The van der Waals surface area contributed by atoms with Crippen molar-refractivity contribution in [2.45, 2.75) is 26.0 Å². The fourth-order valence-electron chi connectivity index (χ4n) is 3.75. The second-order valence-corrected chi connectivity index (χ2v) is 7.48. The van der Waals surface area contributed by atoms with Crippen LogP contribution in [0.4, 0.5) is 0 Å². The lowest BCUT2D eigenvalue weighted by atomic mass is 10.1. The maximum Gasteiger partial charge on any atom is 0.263 e. The van der Waals surface area contributed by atoms with E-state index in [0.29, 0.717) is 25.3 Å². The van der Waals surface area contributed by atoms with Gasteiger partial charge in [-0.25, -0.2) is 0 Å². The Morgan fingerprint density at radius 1 is 1.00 bits per heavy atom. The fraction of sp³-hybridized carbons (Fsp3) is 0.435. The van der Waals surface area contributed by atoms with Crippen LogP contribution in [-0.2, 0) is 11.3 Å². The van der Waals surface area contributed by atoms with Crippen LogP contribution < -0.4 is 18.9 Å². The molecule has 1 fully saturated rings. The van der Waals surface area contributed by atoms with E-state index in [1.807, 2.05) is 48.2 Å². The summed E-state index contributed by atoms with van der Waals surface area (Å²) >= 11 is 0. The van der Waals surface area contributed by atoms with Crippen molar-refractivity contribution in [2.24, 2.45) is 0 Å². The lowest BCUT2D eigenvalue weighted by molar-refractivity contribution is -0.140. The number of nitrogens with zero attached hydrogens (tertiary/aromatic N) is 2. The molecule has 7 heteroatoms. The van der Waals surface area contributed by atoms with Crippen molar-refractivity contribution < 1.29 is 23.7 Å². The first-order valence-electron chi connectivity index (χ1n) is 10.4. The van der Waals surface area contributed by atoms with Gasteiger partial charge in [-0.1, -0.05) is 13.0 Å². The van der Waals surface area contributed by atoms with Gasteiger partial charge in [0.15, 0.2) is 17.6 Å². The third kappa shape index (κ3) is 4.62. The summed E-state index contributed by atoms with van der Waals surface area (Å²) in [4.78, 5) is 17.2. The lowest BCUT2D eigenvalue weighted by Crippen LogP contribution is -2.52. The first kappa shape index (κ1) is 20.3. The predicted molar refractivity (Wildman–Crippen MR) is 112 cm³/mol. The molecule has 2 aromatic rings. The molecule has 30 heavy (non-hydrogen) atoms. The quantitative estimate of drug-likeness (QED) is 0.697. The number of amides is 1. The molecule has 7 nitrogen and oxygen atoms in total. The van der Waals surface area contributed by atoms with Crippen molar-refractivity contribution >= 4 is 5.91 Å². The van der Waals surface area contributed by atoms with E-state index in [4.69, 9.17) is 18.9 Å². The van der Waals surface area contributed by atoms with E-state index in [0.717, 1.165) is 36.9 Å². The minimum atomic E-state index is -0.473. The molecule has 0 aliphatic carbocycles. The normalized spacial score (nSPS) is 16.9. The fourth-order valence-corrected chi connectivity index (χ4v) is 3.75. The molecule has 0 saturated carbocycles. The third-order valence-electron chi connectivity index (χ3n) is 5.51. The summed E-state index contributed by atoms with van der Waals surface area (Å²) in [6.07, 6.45) is 0.154. The maximum atomic E-state index is 13.0. The molecule has 4 rings (SSSR count). The first-order valence-corrected chi connectivity index (χ1v) is 10.4. The molecule has 2 aromatic carbocycles. The summed E-state index contributed by atoms with van der Waals surface area (Å²) in [7, 11) is 1.63. The average Bonchev–Trinajstić information content (AvgIpc) is 3.26. The van der Waals surface area contributed by atoms with E-state index in [-0.39, 0.29) is 12.7 Å². The highest BCUT2D eigenvalue weighted by Crippen LogP contribution is 2.32. The molecule has 1 amide bonds. The summed E-state index contributed by atoms with van der Waals surface area (Å²) in [6.45, 7) is 6.16. The van der Waals surface area contributed by atoms with Crippen molar-refractivity contribution in [3.05, 3.63) is 48.0 Å². The molecule has 1 atom stereocenters. The summed E-state index contributed by atoms with van der Waals surface area (Å²) in [5.74, 6) is 3.10. The smallest absolute Gasteiger partial charge is 0.263 e. The van der Waals surface area contributed by atoms with E-state index in [1.54, 1.807) is 7.11 Å². The largest absolute Gasteiger partial charge is 0.497 e. The van der Waals surface area contributed by atoms with Crippen molar-refractivity contribution in [3.8, 4) is 23.0 Å². The molecule has 2 heterocycles. The second-order valence-electron chi connectivity index (χ2n) is 7.48. The molecule has 0 radical (unpaired) electrons. The van der Waals surface area contributed by atoms with Gasteiger partial charge in [0.25, 0.3) is 5.91 Å². The van der Waals surface area contributed by atoms with Crippen LogP contribution >= 0.6 is 0 Å². The number of ether oxygens (including phenoxy) is 4. The van der Waals surface area contributed by atoms with Gasteiger partial charge < -0.3 is 23.8 Å². The molecule has 0 unspecified atom stereocenters. The van der Waals surface area contributed by atoms with Crippen LogP contribution in [0.25, 0.3) is 0 Å². The van der Waals surface area contributed by atoms with Crippen molar-refractivity contribution in [3.63, 3.8) is 0 Å². The Kier molecular flexibility index (Phi) is 6.28. The molecule has 1 saturated heterocycles. The highest BCUT2D eigenvalue weighted by Gasteiger charge is 2.28. The summed E-state index contributed by atoms with van der Waals surface area (Å²) in [5.41, 5.74) is 1.19. The van der Waals surface area contributed by atoms with E-state index in [9.17, 15) is 4.79 Å². The van der Waals surface area contributed by atoms with Crippen molar-refractivity contribution in [2.75, 3.05) is 40.1 Å². The summed E-state index contributed by atoms with van der Waals surface area (Å²) < 4.78 is 22.0. The minimum absolute atomic E-state index is 0.0519. The van der Waals surface area contributed by atoms with E-state index < -0.39 is 6.10 Å². The zero-order chi connectivity index (χ0) is 20.9. The van der Waals surface area contributed by atoms with E-state index >= 15 is 0 Å².